The summed E-state index contributed by atoms with van der Waals surface area (Å²) < 4.78 is 24.5. The van der Waals surface area contributed by atoms with E-state index in [0.717, 1.165) is 11.1 Å². The van der Waals surface area contributed by atoms with Crippen LogP contribution in [-0.2, 0) is 22.7 Å². The maximum Gasteiger partial charge on any atom is 0.411 e. The fraction of sp³-hybridized carbons (Fsp3) is 0.391. The molecule has 1 amide bonds. The Morgan fingerprint density at radius 3 is 2.47 bits per heavy atom. The molecule has 2 rings (SSSR count). The van der Waals surface area contributed by atoms with Gasteiger partial charge in [0, 0.05) is 6.54 Å². The summed E-state index contributed by atoms with van der Waals surface area (Å²) in [6.07, 6.45) is 1.10. The summed E-state index contributed by atoms with van der Waals surface area (Å²) in [5.74, 6) is 0.362. The van der Waals surface area contributed by atoms with E-state index >= 15 is 0 Å². The van der Waals surface area contributed by atoms with Crippen molar-refractivity contribution in [1.82, 2.24) is 4.90 Å². The highest BCUT2D eigenvalue weighted by Crippen LogP contribution is 2.18. The second-order valence-electron chi connectivity index (χ2n) is 7.85. The molecule has 0 aromatic heterocycles. The highest BCUT2D eigenvalue weighted by Gasteiger charge is 2.25. The number of hydrogen-bond donors (Lipinski definition) is 0. The van der Waals surface area contributed by atoms with E-state index in [-0.39, 0.29) is 18.5 Å². The third kappa shape index (κ3) is 7.73. The number of ether oxygens (including phenoxy) is 2. The molecule has 0 saturated heterocycles. The molecule has 0 aliphatic rings. The molecule has 0 fully saturated rings. The average molecular weight is 416 g/mol. The van der Waals surface area contributed by atoms with Crippen LogP contribution >= 0.6 is 0 Å². The zero-order valence-corrected chi connectivity index (χ0v) is 18.1. The Morgan fingerprint density at radius 2 is 1.87 bits per heavy atom. The van der Waals surface area contributed by atoms with Gasteiger partial charge < -0.3 is 14.3 Å². The lowest BCUT2D eigenvalue weighted by atomic mass is 10.1. The van der Waals surface area contributed by atoms with Crippen LogP contribution in [0, 0.1) is 5.82 Å². The molecule has 0 bridgehead atoms. The van der Waals surface area contributed by atoms with Crippen molar-refractivity contribution in [3.8, 4) is 5.75 Å². The number of oxime groups is 1. The van der Waals surface area contributed by atoms with Gasteiger partial charge in [0.25, 0.3) is 0 Å². The highest BCUT2D eigenvalue weighted by molar-refractivity contribution is 5.75. The molecule has 0 heterocycles. The maximum absolute atomic E-state index is 13.3. The molecule has 0 saturated carbocycles. The first kappa shape index (κ1) is 23.2. The number of halogens is 1. The first-order valence-electron chi connectivity index (χ1n) is 9.70. The van der Waals surface area contributed by atoms with Crippen LogP contribution in [0.3, 0.4) is 0 Å². The van der Waals surface area contributed by atoms with Crippen molar-refractivity contribution in [1.29, 1.82) is 0 Å². The molecule has 7 heteroatoms. The maximum atomic E-state index is 13.3. The largest absolute Gasteiger partial charge is 0.489 e. The SMILES string of the molecule is CO/N=C/C(C)N(Cc1ccc(OCc2cccc(F)c2)cc1)C(=O)OC(C)(C)C. The molecule has 6 nitrogen and oxygen atoms in total. The first-order valence-corrected chi connectivity index (χ1v) is 9.70. The quantitative estimate of drug-likeness (QED) is 0.440. The van der Waals surface area contributed by atoms with Crippen molar-refractivity contribution in [3.63, 3.8) is 0 Å². The zero-order chi connectivity index (χ0) is 22.1. The van der Waals surface area contributed by atoms with Gasteiger partial charge in [-0.25, -0.2) is 9.18 Å². The number of carbonyl (C=O) groups excluding carboxylic acids is 1. The minimum absolute atomic E-state index is 0.270. The van der Waals surface area contributed by atoms with Crippen LogP contribution in [0.15, 0.2) is 53.7 Å². The van der Waals surface area contributed by atoms with E-state index in [2.05, 4.69) is 5.16 Å². The standard InChI is InChI=1S/C23H29FN2O4/c1-17(14-25-28-5)26(22(27)30-23(2,3)4)15-18-9-11-21(12-10-18)29-16-19-7-6-8-20(24)13-19/h6-14,17H,15-16H2,1-5H3/b25-14+. The molecule has 0 N–H and O–H groups in total. The molecule has 1 atom stereocenters. The Morgan fingerprint density at radius 1 is 1.17 bits per heavy atom. The third-order valence-electron chi connectivity index (χ3n) is 4.07. The number of nitrogens with zero attached hydrogens (tertiary/aromatic N) is 2. The molecule has 2 aromatic carbocycles. The first-order chi connectivity index (χ1) is 14.2. The van der Waals surface area contributed by atoms with E-state index in [4.69, 9.17) is 14.3 Å². The van der Waals surface area contributed by atoms with Crippen LogP contribution in [-0.4, -0.2) is 36.0 Å². The van der Waals surface area contributed by atoms with Gasteiger partial charge in [0.15, 0.2) is 0 Å². The topological polar surface area (TPSA) is 60.4 Å². The monoisotopic (exact) mass is 416 g/mol. The normalized spacial score (nSPS) is 12.5. The van der Waals surface area contributed by atoms with Gasteiger partial charge in [-0.1, -0.05) is 29.4 Å². The predicted octanol–water partition coefficient (Wildman–Crippen LogP) is 5.16. The molecule has 1 unspecified atom stereocenters. The minimum Gasteiger partial charge on any atom is -0.489 e. The third-order valence-corrected chi connectivity index (χ3v) is 4.07. The summed E-state index contributed by atoms with van der Waals surface area (Å²) in [4.78, 5) is 19.0. The van der Waals surface area contributed by atoms with Crippen molar-refractivity contribution in [2.24, 2.45) is 5.16 Å². The fourth-order valence-electron chi connectivity index (χ4n) is 2.61. The number of carbonyl (C=O) groups is 1. The van der Waals surface area contributed by atoms with Gasteiger partial charge in [0.2, 0.25) is 0 Å². The summed E-state index contributed by atoms with van der Waals surface area (Å²) in [5, 5.41) is 3.77. The lowest BCUT2D eigenvalue weighted by Gasteiger charge is -2.30. The average Bonchev–Trinajstić information content (AvgIpc) is 2.68. The van der Waals surface area contributed by atoms with E-state index in [1.165, 1.54) is 19.2 Å². The number of amides is 1. The summed E-state index contributed by atoms with van der Waals surface area (Å²) in [7, 11) is 1.45. The van der Waals surface area contributed by atoms with Crippen LogP contribution < -0.4 is 4.74 Å². The molecule has 0 aliphatic heterocycles. The van der Waals surface area contributed by atoms with E-state index < -0.39 is 11.7 Å². The van der Waals surface area contributed by atoms with E-state index in [1.54, 1.807) is 23.2 Å². The second-order valence-corrected chi connectivity index (χ2v) is 7.85. The Kier molecular flexibility index (Phi) is 8.21. The van der Waals surface area contributed by atoms with Gasteiger partial charge in [-0.3, -0.25) is 4.90 Å². The second kappa shape index (κ2) is 10.6. The minimum atomic E-state index is -0.609. The van der Waals surface area contributed by atoms with E-state index in [0.29, 0.717) is 12.3 Å². The number of benzene rings is 2. The Balaban J connectivity index is 2.05. The van der Waals surface area contributed by atoms with Crippen molar-refractivity contribution >= 4 is 12.3 Å². The van der Waals surface area contributed by atoms with Gasteiger partial charge in [-0.05, 0) is 63.1 Å². The van der Waals surface area contributed by atoms with Gasteiger partial charge >= 0.3 is 6.09 Å². The number of rotatable bonds is 8. The highest BCUT2D eigenvalue weighted by atomic mass is 19.1. The molecular formula is C23H29FN2O4. The van der Waals surface area contributed by atoms with Crippen LogP contribution in [0.5, 0.6) is 5.75 Å². The van der Waals surface area contributed by atoms with Gasteiger partial charge in [-0.15, -0.1) is 0 Å². The summed E-state index contributed by atoms with van der Waals surface area (Å²) in [6, 6.07) is 13.3. The van der Waals surface area contributed by atoms with Crippen LogP contribution in [0.25, 0.3) is 0 Å². The summed E-state index contributed by atoms with van der Waals surface area (Å²) >= 11 is 0. The molecule has 30 heavy (non-hydrogen) atoms. The smallest absolute Gasteiger partial charge is 0.411 e. The van der Waals surface area contributed by atoms with Crippen molar-refractivity contribution in [2.75, 3.05) is 7.11 Å². The van der Waals surface area contributed by atoms with Crippen LogP contribution in [0.4, 0.5) is 9.18 Å². The fourth-order valence-corrected chi connectivity index (χ4v) is 2.61. The van der Waals surface area contributed by atoms with Crippen molar-refractivity contribution < 1.29 is 23.5 Å². The van der Waals surface area contributed by atoms with E-state index in [9.17, 15) is 9.18 Å². The molecule has 162 valence electrons. The molecule has 0 radical (unpaired) electrons. The van der Waals surface area contributed by atoms with Gasteiger partial charge in [0.1, 0.15) is 30.9 Å². The van der Waals surface area contributed by atoms with E-state index in [1.807, 2.05) is 52.0 Å². The molecule has 0 aliphatic carbocycles. The Labute approximate surface area is 177 Å². The van der Waals surface area contributed by atoms with Gasteiger partial charge in [-0.2, -0.15) is 0 Å². The number of hydrogen-bond acceptors (Lipinski definition) is 5. The lowest BCUT2D eigenvalue weighted by Crippen LogP contribution is -2.42. The Hall–Kier alpha value is -3.09. The zero-order valence-electron chi connectivity index (χ0n) is 18.1. The Bertz CT molecular complexity index is 847. The van der Waals surface area contributed by atoms with Gasteiger partial charge in [0.05, 0.1) is 12.3 Å². The molecular weight excluding hydrogens is 387 g/mol. The van der Waals surface area contributed by atoms with Crippen LogP contribution in [0.1, 0.15) is 38.8 Å². The van der Waals surface area contributed by atoms with Crippen molar-refractivity contribution in [2.45, 2.75) is 52.5 Å². The van der Waals surface area contributed by atoms with Crippen LogP contribution in [0.2, 0.25) is 0 Å². The van der Waals surface area contributed by atoms with Crippen molar-refractivity contribution in [3.05, 3.63) is 65.5 Å². The lowest BCUT2D eigenvalue weighted by molar-refractivity contribution is 0.0208. The molecule has 2 aromatic rings. The predicted molar refractivity (Wildman–Crippen MR) is 114 cm³/mol. The summed E-state index contributed by atoms with van der Waals surface area (Å²) in [5.41, 5.74) is 1.04. The summed E-state index contributed by atoms with van der Waals surface area (Å²) in [6.45, 7) is 7.90. The molecule has 0 spiro atoms.